The standard InChI is InChI=1S/C55H85N5O10S2/c1-6-8-10-12-14-16-18-23-31-71-38-44(45(54(67)68)39-72-32-24-19-17-15-13-11-9-7-2)53(66)60(5)48(35-42-27-29-43(61)30-28-42)52(65)57-36-49(62)56-37-50(63)58-46(34-41-25-21-20-22-26-41)51(64)59-47(55(69)70)33-40(3)4/h20-22,25-30,40,46-48,61H,6-19,23-24,31-39H2,1-5H3,(H,56,62)(H,57,65)(H,58,63)(H,59,64)(H,67,68)(H,69,70)/b45-44-/t46-,47-,48-/m0/s1. The van der Waals surface area contributed by atoms with E-state index in [9.17, 15) is 48.9 Å². The Labute approximate surface area is 437 Å². The minimum absolute atomic E-state index is 0.00167. The van der Waals surface area contributed by atoms with Crippen molar-refractivity contribution >= 4 is 65.0 Å². The van der Waals surface area contributed by atoms with Gasteiger partial charge in [-0.2, -0.15) is 23.5 Å². The molecule has 2 aromatic carbocycles. The third kappa shape index (κ3) is 27.1. The average molecular weight is 1040 g/mol. The van der Waals surface area contributed by atoms with Crippen molar-refractivity contribution in [3.05, 3.63) is 76.9 Å². The molecular formula is C55H85N5O10S2. The fourth-order valence-electron chi connectivity index (χ4n) is 7.99. The van der Waals surface area contributed by atoms with Gasteiger partial charge in [-0.25, -0.2) is 9.59 Å². The zero-order chi connectivity index (χ0) is 53.1. The number of nitrogens with zero attached hydrogens (tertiary/aromatic N) is 1. The van der Waals surface area contributed by atoms with Crippen LogP contribution in [0.15, 0.2) is 65.7 Å². The number of carbonyl (C=O) groups is 7. The summed E-state index contributed by atoms with van der Waals surface area (Å²) in [4.78, 5) is 94.6. The quantitative estimate of drug-likeness (QED) is 0.0246. The lowest BCUT2D eigenvalue weighted by Gasteiger charge is -2.29. The van der Waals surface area contributed by atoms with Gasteiger partial charge >= 0.3 is 11.9 Å². The number of aliphatic carboxylic acids is 2. The highest BCUT2D eigenvalue weighted by Gasteiger charge is 2.32. The molecule has 0 heterocycles. The summed E-state index contributed by atoms with van der Waals surface area (Å²) >= 11 is 2.99. The maximum Gasteiger partial charge on any atom is 0.332 e. The highest BCUT2D eigenvalue weighted by Crippen LogP contribution is 2.24. The molecule has 0 bridgehead atoms. The number of rotatable bonds is 40. The van der Waals surface area contributed by atoms with Crippen LogP contribution in [-0.2, 0) is 46.4 Å². The monoisotopic (exact) mass is 1040 g/mol. The van der Waals surface area contributed by atoms with E-state index in [0.29, 0.717) is 11.1 Å². The highest BCUT2D eigenvalue weighted by molar-refractivity contribution is 7.99. The Bertz CT molecular complexity index is 1970. The van der Waals surface area contributed by atoms with Gasteiger partial charge < -0.3 is 41.5 Å². The molecule has 2 rings (SSSR count). The zero-order valence-corrected chi connectivity index (χ0v) is 45.3. The van der Waals surface area contributed by atoms with E-state index in [1.54, 1.807) is 42.5 Å². The van der Waals surface area contributed by atoms with E-state index in [2.05, 4.69) is 35.1 Å². The Morgan fingerprint density at radius 1 is 0.569 bits per heavy atom. The number of hydrogen-bond donors (Lipinski definition) is 7. The number of phenols is 1. The molecule has 72 heavy (non-hydrogen) atoms. The molecule has 2 aromatic rings. The maximum absolute atomic E-state index is 14.6. The summed E-state index contributed by atoms with van der Waals surface area (Å²) < 4.78 is 0. The van der Waals surface area contributed by atoms with Crippen molar-refractivity contribution in [2.75, 3.05) is 43.1 Å². The lowest BCUT2D eigenvalue weighted by atomic mass is 10.0. The molecule has 5 amide bonds. The Kier molecular flexibility index (Phi) is 33.0. The van der Waals surface area contributed by atoms with Crippen LogP contribution in [0.1, 0.15) is 148 Å². The number of carboxylic acids is 2. The summed E-state index contributed by atoms with van der Waals surface area (Å²) in [6.45, 7) is 6.89. The van der Waals surface area contributed by atoms with Gasteiger partial charge in [0, 0.05) is 37.0 Å². The van der Waals surface area contributed by atoms with E-state index in [4.69, 9.17) is 0 Å². The first-order chi connectivity index (χ1) is 34.6. The molecule has 0 spiro atoms. The van der Waals surface area contributed by atoms with Crippen LogP contribution < -0.4 is 21.3 Å². The maximum atomic E-state index is 14.6. The second-order valence-electron chi connectivity index (χ2n) is 19.0. The summed E-state index contributed by atoms with van der Waals surface area (Å²) in [5.41, 5.74) is 1.42. The molecule has 0 aliphatic carbocycles. The van der Waals surface area contributed by atoms with Crippen molar-refractivity contribution in [1.29, 1.82) is 0 Å². The second kappa shape index (κ2) is 37.7. The molecule has 3 atom stereocenters. The topological polar surface area (TPSA) is 232 Å². The van der Waals surface area contributed by atoms with Gasteiger partial charge in [0.2, 0.25) is 23.6 Å². The first kappa shape index (κ1) is 63.1. The molecule has 7 N–H and O–H groups in total. The minimum atomic E-state index is -1.21. The van der Waals surface area contributed by atoms with E-state index in [0.717, 1.165) is 50.0 Å². The highest BCUT2D eigenvalue weighted by atomic mass is 32.2. The van der Waals surface area contributed by atoms with Gasteiger partial charge in [0.05, 0.1) is 18.7 Å². The molecule has 0 fully saturated rings. The van der Waals surface area contributed by atoms with Crippen molar-refractivity contribution in [3.8, 4) is 5.75 Å². The van der Waals surface area contributed by atoms with Crippen LogP contribution >= 0.6 is 23.5 Å². The summed E-state index contributed by atoms with van der Waals surface area (Å²) in [5, 5.41) is 40.4. The van der Waals surface area contributed by atoms with Gasteiger partial charge in [-0.1, -0.05) is 160 Å². The van der Waals surface area contributed by atoms with Gasteiger partial charge in [0.1, 0.15) is 23.9 Å². The minimum Gasteiger partial charge on any atom is -0.508 e. The van der Waals surface area contributed by atoms with Gasteiger partial charge in [0.15, 0.2) is 0 Å². The number of nitrogens with one attached hydrogen (secondary N) is 4. The first-order valence-electron chi connectivity index (χ1n) is 26.1. The third-order valence-corrected chi connectivity index (χ3v) is 14.4. The normalized spacial score (nSPS) is 12.8. The van der Waals surface area contributed by atoms with Crippen LogP contribution in [0.4, 0.5) is 0 Å². The predicted molar refractivity (Wildman–Crippen MR) is 290 cm³/mol. The molecule has 0 aliphatic heterocycles. The Hall–Kier alpha value is -5.03. The van der Waals surface area contributed by atoms with Gasteiger partial charge in [-0.15, -0.1) is 0 Å². The van der Waals surface area contributed by atoms with Crippen LogP contribution in [0.25, 0.3) is 0 Å². The Morgan fingerprint density at radius 3 is 1.58 bits per heavy atom. The molecular weight excluding hydrogens is 955 g/mol. The first-order valence-corrected chi connectivity index (χ1v) is 28.4. The summed E-state index contributed by atoms with van der Waals surface area (Å²) in [7, 11) is 1.44. The van der Waals surface area contributed by atoms with E-state index in [1.165, 1.54) is 112 Å². The van der Waals surface area contributed by atoms with Crippen molar-refractivity contribution < 1.29 is 48.9 Å². The number of amides is 5. The SMILES string of the molecule is CCCCCCCCCCSC/C(C(=O)O)=C(\CSCCCCCCCCCC)C(=O)N(C)[C@@H](Cc1ccc(O)cc1)C(=O)NCC(=O)NCC(=O)N[C@@H](Cc1ccccc1)C(=O)N[C@@H](CC(C)C)C(=O)O. The number of unbranched alkanes of at least 4 members (excludes halogenated alkanes) is 14. The van der Waals surface area contributed by atoms with Gasteiger partial charge in [-0.3, -0.25) is 24.0 Å². The third-order valence-electron chi connectivity index (χ3n) is 12.2. The van der Waals surface area contributed by atoms with Crippen molar-refractivity contribution in [2.24, 2.45) is 5.92 Å². The molecule has 0 saturated carbocycles. The molecule has 17 heteroatoms. The number of carbonyl (C=O) groups excluding carboxylic acids is 5. The van der Waals surface area contributed by atoms with Crippen LogP contribution in [0, 0.1) is 5.92 Å². The molecule has 15 nitrogen and oxygen atoms in total. The average Bonchev–Trinajstić information content (AvgIpc) is 3.35. The number of carboxylic acid groups (broad SMARTS) is 2. The van der Waals surface area contributed by atoms with Crippen LogP contribution in [0.2, 0.25) is 0 Å². The molecule has 0 aromatic heterocycles. The molecule has 0 unspecified atom stereocenters. The number of hydrogen-bond acceptors (Lipinski definition) is 10. The van der Waals surface area contributed by atoms with Crippen molar-refractivity contribution in [3.63, 3.8) is 0 Å². The smallest absolute Gasteiger partial charge is 0.332 e. The predicted octanol–water partition coefficient (Wildman–Crippen LogP) is 8.47. The van der Waals surface area contributed by atoms with Crippen LogP contribution in [0.3, 0.4) is 0 Å². The lowest BCUT2D eigenvalue weighted by Crippen LogP contribution is -2.54. The van der Waals surface area contributed by atoms with Crippen molar-refractivity contribution in [2.45, 2.75) is 168 Å². The molecule has 402 valence electrons. The van der Waals surface area contributed by atoms with Crippen LogP contribution in [0.5, 0.6) is 5.75 Å². The van der Waals surface area contributed by atoms with E-state index in [1.807, 2.05) is 13.8 Å². The fourth-order valence-corrected chi connectivity index (χ4v) is 10.1. The fraction of sp³-hybridized carbons (Fsp3) is 0.618. The number of thioether (sulfide) groups is 2. The van der Waals surface area contributed by atoms with Gasteiger partial charge in [-0.05, 0) is 59.9 Å². The van der Waals surface area contributed by atoms with Gasteiger partial charge in [0.25, 0.3) is 5.91 Å². The van der Waals surface area contributed by atoms with E-state index >= 15 is 0 Å². The van der Waals surface area contributed by atoms with Crippen LogP contribution in [-0.4, -0.2) is 123 Å². The second-order valence-corrected chi connectivity index (χ2v) is 21.2. The van der Waals surface area contributed by atoms with E-state index in [-0.39, 0.29) is 53.6 Å². The van der Waals surface area contributed by atoms with E-state index < -0.39 is 72.7 Å². The largest absolute Gasteiger partial charge is 0.508 e. The molecule has 0 radical (unpaired) electrons. The lowest BCUT2D eigenvalue weighted by molar-refractivity contribution is -0.142. The Balaban J connectivity index is 2.25. The number of phenolic OH excluding ortho intramolecular Hbond substituents is 1. The molecule has 0 saturated heterocycles. The summed E-state index contributed by atoms with van der Waals surface area (Å²) in [5.74, 6) is -4.18. The summed E-state index contributed by atoms with van der Waals surface area (Å²) in [6, 6.07) is 11.4. The molecule has 0 aliphatic rings. The number of likely N-dealkylation sites (N-methyl/N-ethyl adjacent to an activating group) is 1. The number of benzene rings is 2. The van der Waals surface area contributed by atoms with Crippen molar-refractivity contribution in [1.82, 2.24) is 26.2 Å². The number of aromatic hydroxyl groups is 1. The summed E-state index contributed by atoms with van der Waals surface area (Å²) in [6.07, 6.45) is 18.5. The Morgan fingerprint density at radius 2 is 1.07 bits per heavy atom. The zero-order valence-electron chi connectivity index (χ0n) is 43.6.